The predicted molar refractivity (Wildman–Crippen MR) is 90.6 cm³/mol. The fourth-order valence-electron chi connectivity index (χ4n) is 2.46. The van der Waals surface area contributed by atoms with Crippen LogP contribution in [-0.2, 0) is 11.0 Å². The zero-order valence-corrected chi connectivity index (χ0v) is 14.3. The van der Waals surface area contributed by atoms with E-state index in [9.17, 15) is 18.0 Å². The van der Waals surface area contributed by atoms with Crippen LogP contribution in [0.3, 0.4) is 0 Å². The van der Waals surface area contributed by atoms with Gasteiger partial charge in [-0.3, -0.25) is 9.69 Å². The molecule has 0 saturated carbocycles. The molecule has 0 N–H and O–H groups in total. The number of rotatable bonds is 2. The van der Waals surface area contributed by atoms with E-state index in [1.165, 1.54) is 28.8 Å². The van der Waals surface area contributed by atoms with E-state index in [0.29, 0.717) is 21.3 Å². The molecule has 126 valence electrons. The number of anilines is 1. The van der Waals surface area contributed by atoms with Crippen molar-refractivity contribution in [3.8, 4) is 0 Å². The van der Waals surface area contributed by atoms with Crippen LogP contribution < -0.4 is 4.90 Å². The molecule has 1 aliphatic heterocycles. The Hall–Kier alpha value is -1.37. The smallest absolute Gasteiger partial charge is 0.295 e. The molecular weight excluding hydrogens is 382 g/mol. The minimum Gasteiger partial charge on any atom is -0.295 e. The molecule has 1 fully saturated rings. The maximum absolute atomic E-state index is 12.7. The van der Waals surface area contributed by atoms with Crippen LogP contribution in [0.25, 0.3) is 0 Å². The highest BCUT2D eigenvalue weighted by atomic mass is 35.5. The van der Waals surface area contributed by atoms with E-state index in [1.54, 1.807) is 18.2 Å². The monoisotopic (exact) mass is 391 g/mol. The quantitative estimate of drug-likeness (QED) is 0.645. The molecule has 24 heavy (non-hydrogen) atoms. The average molecular weight is 392 g/mol. The van der Waals surface area contributed by atoms with Crippen LogP contribution >= 0.6 is 35.0 Å². The summed E-state index contributed by atoms with van der Waals surface area (Å²) in [7, 11) is 0. The average Bonchev–Trinajstić information content (AvgIpc) is 2.91. The van der Waals surface area contributed by atoms with Gasteiger partial charge in [0, 0.05) is 11.3 Å². The molecule has 2 aromatic rings. The summed E-state index contributed by atoms with van der Waals surface area (Å²) in [5.41, 5.74) is 0.279. The van der Waals surface area contributed by atoms with E-state index in [-0.39, 0.29) is 11.7 Å². The Morgan fingerprint density at radius 2 is 1.75 bits per heavy atom. The first kappa shape index (κ1) is 17.5. The lowest BCUT2D eigenvalue weighted by Crippen LogP contribution is -2.28. The first-order valence-corrected chi connectivity index (χ1v) is 8.64. The van der Waals surface area contributed by atoms with Gasteiger partial charge in [-0.25, -0.2) is 0 Å². The van der Waals surface area contributed by atoms with Gasteiger partial charge < -0.3 is 0 Å². The number of hydrogen-bond acceptors (Lipinski definition) is 2. The summed E-state index contributed by atoms with van der Waals surface area (Å²) < 4.78 is 38.1. The summed E-state index contributed by atoms with van der Waals surface area (Å²) in [5, 5.41) is 0.269. The topological polar surface area (TPSA) is 20.3 Å². The number of thioether (sulfide) groups is 1. The third kappa shape index (κ3) is 3.23. The minimum absolute atomic E-state index is 0.194. The van der Waals surface area contributed by atoms with Crippen molar-refractivity contribution in [1.29, 1.82) is 0 Å². The van der Waals surface area contributed by atoms with Crippen molar-refractivity contribution in [2.45, 2.75) is 11.6 Å². The van der Waals surface area contributed by atoms with Crippen LogP contribution in [-0.4, -0.2) is 11.7 Å². The van der Waals surface area contributed by atoms with E-state index in [4.69, 9.17) is 23.2 Å². The van der Waals surface area contributed by atoms with Crippen LogP contribution in [0.15, 0.2) is 42.5 Å². The molecule has 0 aromatic heterocycles. The van der Waals surface area contributed by atoms with E-state index in [0.717, 1.165) is 12.1 Å². The second-order valence-electron chi connectivity index (χ2n) is 5.11. The number of carbonyl (C=O) groups is 1. The number of amides is 1. The lowest BCUT2D eigenvalue weighted by atomic mass is 10.1. The zero-order valence-electron chi connectivity index (χ0n) is 12.0. The zero-order chi connectivity index (χ0) is 17.5. The van der Waals surface area contributed by atoms with Crippen LogP contribution in [0.2, 0.25) is 10.0 Å². The van der Waals surface area contributed by atoms with Crippen LogP contribution in [0.4, 0.5) is 18.9 Å². The van der Waals surface area contributed by atoms with Crippen LogP contribution in [0, 0.1) is 0 Å². The minimum atomic E-state index is -4.42. The number of nitrogens with zero attached hydrogens (tertiary/aromatic N) is 1. The molecular formula is C16H10Cl2F3NOS. The third-order valence-corrected chi connectivity index (χ3v) is 5.62. The van der Waals surface area contributed by atoms with Gasteiger partial charge in [0.15, 0.2) is 0 Å². The Morgan fingerprint density at radius 3 is 2.38 bits per heavy atom. The Kier molecular flexibility index (Phi) is 4.73. The van der Waals surface area contributed by atoms with E-state index in [1.807, 2.05) is 0 Å². The SMILES string of the molecule is O=C1CS[C@@H](c2cccc(Cl)c2Cl)N1c1ccc(C(F)(F)F)cc1. The van der Waals surface area contributed by atoms with Gasteiger partial charge >= 0.3 is 6.18 Å². The Bertz CT molecular complexity index is 780. The number of hydrogen-bond donors (Lipinski definition) is 0. The molecule has 2 nitrogen and oxygen atoms in total. The molecule has 8 heteroatoms. The molecule has 1 atom stereocenters. The van der Waals surface area contributed by atoms with Crippen molar-refractivity contribution in [2.75, 3.05) is 10.7 Å². The molecule has 1 saturated heterocycles. The molecule has 1 heterocycles. The standard InChI is InChI=1S/C16H10Cl2F3NOS/c17-12-3-1-2-11(14(12)18)15-22(13(23)8-24-15)10-6-4-9(5-7-10)16(19,20)21/h1-7,15H,8H2/t15-/m0/s1. The molecule has 0 bridgehead atoms. The highest BCUT2D eigenvalue weighted by Crippen LogP contribution is 2.45. The summed E-state index contributed by atoms with van der Waals surface area (Å²) in [6.07, 6.45) is -4.42. The molecule has 3 rings (SSSR count). The maximum Gasteiger partial charge on any atom is 0.416 e. The van der Waals surface area contributed by atoms with Gasteiger partial charge in [0.25, 0.3) is 0 Å². The van der Waals surface area contributed by atoms with Crippen LogP contribution in [0.1, 0.15) is 16.5 Å². The van der Waals surface area contributed by atoms with Gasteiger partial charge in [-0.15, -0.1) is 11.8 Å². The van der Waals surface area contributed by atoms with E-state index >= 15 is 0 Å². The number of benzene rings is 2. The molecule has 0 spiro atoms. The van der Waals surface area contributed by atoms with Crippen molar-refractivity contribution in [3.05, 3.63) is 63.6 Å². The van der Waals surface area contributed by atoms with Gasteiger partial charge in [0.1, 0.15) is 5.37 Å². The Labute approximate surface area is 150 Å². The second-order valence-corrected chi connectivity index (χ2v) is 6.97. The third-order valence-electron chi connectivity index (χ3n) is 3.59. The molecule has 0 radical (unpaired) electrons. The summed E-state index contributed by atoms with van der Waals surface area (Å²) in [5.74, 6) is 0.0231. The first-order valence-electron chi connectivity index (χ1n) is 6.84. The van der Waals surface area contributed by atoms with E-state index in [2.05, 4.69) is 0 Å². The summed E-state index contributed by atoms with van der Waals surface area (Å²) in [6, 6.07) is 9.61. The molecule has 2 aromatic carbocycles. The van der Waals surface area contributed by atoms with Gasteiger partial charge in [-0.1, -0.05) is 35.3 Å². The maximum atomic E-state index is 12.7. The summed E-state index contributed by atoms with van der Waals surface area (Å²) in [6.45, 7) is 0. The van der Waals surface area contributed by atoms with Crippen molar-refractivity contribution in [3.63, 3.8) is 0 Å². The number of carbonyl (C=O) groups excluding carboxylic acids is 1. The molecule has 0 unspecified atom stereocenters. The fourth-order valence-corrected chi connectivity index (χ4v) is 4.14. The molecule has 0 aliphatic carbocycles. The van der Waals surface area contributed by atoms with Gasteiger partial charge in [0.2, 0.25) is 5.91 Å². The number of alkyl halides is 3. The highest BCUT2D eigenvalue weighted by molar-refractivity contribution is 8.00. The lowest BCUT2D eigenvalue weighted by Gasteiger charge is -2.25. The molecule has 1 aliphatic rings. The van der Waals surface area contributed by atoms with Gasteiger partial charge in [-0.05, 0) is 30.3 Å². The normalized spacial score (nSPS) is 18.3. The Morgan fingerprint density at radius 1 is 1.08 bits per heavy atom. The van der Waals surface area contributed by atoms with E-state index < -0.39 is 17.1 Å². The van der Waals surface area contributed by atoms with Crippen molar-refractivity contribution >= 4 is 46.6 Å². The first-order chi connectivity index (χ1) is 11.3. The predicted octanol–water partition coefficient (Wildman–Crippen LogP) is 5.79. The summed E-state index contributed by atoms with van der Waals surface area (Å²) >= 11 is 13.6. The summed E-state index contributed by atoms with van der Waals surface area (Å²) in [4.78, 5) is 13.7. The van der Waals surface area contributed by atoms with Crippen molar-refractivity contribution in [2.24, 2.45) is 0 Å². The molecule has 1 amide bonds. The fraction of sp³-hybridized carbons (Fsp3) is 0.188. The van der Waals surface area contributed by atoms with Crippen molar-refractivity contribution in [1.82, 2.24) is 0 Å². The van der Waals surface area contributed by atoms with Gasteiger partial charge in [0.05, 0.1) is 21.4 Å². The highest BCUT2D eigenvalue weighted by Gasteiger charge is 2.36. The van der Waals surface area contributed by atoms with Gasteiger partial charge in [-0.2, -0.15) is 13.2 Å². The Balaban J connectivity index is 1.98. The van der Waals surface area contributed by atoms with Crippen molar-refractivity contribution < 1.29 is 18.0 Å². The van der Waals surface area contributed by atoms with Crippen LogP contribution in [0.5, 0.6) is 0 Å². The lowest BCUT2D eigenvalue weighted by molar-refractivity contribution is -0.137. The largest absolute Gasteiger partial charge is 0.416 e. The second kappa shape index (κ2) is 6.50. The number of halogens is 5.